The van der Waals surface area contributed by atoms with Crippen molar-refractivity contribution < 1.29 is 4.74 Å². The lowest BCUT2D eigenvalue weighted by Crippen LogP contribution is -2.28. The Bertz CT molecular complexity index is 506. The van der Waals surface area contributed by atoms with E-state index in [-0.39, 0.29) is 0 Å². The third-order valence-corrected chi connectivity index (χ3v) is 4.45. The van der Waals surface area contributed by atoms with Gasteiger partial charge in [-0.05, 0) is 58.1 Å². The second-order valence-electron chi connectivity index (χ2n) is 6.67. The lowest BCUT2D eigenvalue weighted by molar-refractivity contribution is 0.359. The number of allylic oxidation sites excluding steroid dienone is 2. The Morgan fingerprint density at radius 2 is 2.10 bits per heavy atom. The van der Waals surface area contributed by atoms with Gasteiger partial charge in [-0.2, -0.15) is 0 Å². The Labute approximate surface area is 129 Å². The molecule has 3 unspecified atom stereocenters. The minimum absolute atomic E-state index is 0.321. The van der Waals surface area contributed by atoms with E-state index in [4.69, 9.17) is 4.74 Å². The number of hydrogen-bond donors (Lipinski definition) is 1. The molecule has 3 atom stereocenters. The molecular weight excluding hydrogens is 258 g/mol. The SMILES string of the molecule is COc1ccc(C)cc1C(C)NCC1CC(C)=CC(C)C1. The highest BCUT2D eigenvalue weighted by Gasteiger charge is 2.19. The van der Waals surface area contributed by atoms with Gasteiger partial charge in [0.15, 0.2) is 0 Å². The average molecular weight is 287 g/mol. The van der Waals surface area contributed by atoms with Crippen molar-refractivity contribution in [3.63, 3.8) is 0 Å². The van der Waals surface area contributed by atoms with Gasteiger partial charge < -0.3 is 10.1 Å². The minimum Gasteiger partial charge on any atom is -0.496 e. The van der Waals surface area contributed by atoms with Crippen molar-refractivity contribution in [1.29, 1.82) is 0 Å². The summed E-state index contributed by atoms with van der Waals surface area (Å²) in [5.74, 6) is 2.45. The summed E-state index contributed by atoms with van der Waals surface area (Å²) in [5, 5.41) is 3.70. The zero-order valence-electron chi connectivity index (χ0n) is 14.1. The lowest BCUT2D eigenvalue weighted by atomic mass is 9.83. The molecule has 1 aromatic carbocycles. The first-order chi connectivity index (χ1) is 9.99. The van der Waals surface area contributed by atoms with Crippen LogP contribution in [0, 0.1) is 18.8 Å². The highest BCUT2D eigenvalue weighted by Crippen LogP contribution is 2.29. The number of nitrogens with one attached hydrogen (secondary N) is 1. The summed E-state index contributed by atoms with van der Waals surface area (Å²) >= 11 is 0. The highest BCUT2D eigenvalue weighted by atomic mass is 16.5. The maximum atomic E-state index is 5.50. The summed E-state index contributed by atoms with van der Waals surface area (Å²) in [5.41, 5.74) is 4.08. The molecule has 0 saturated heterocycles. The van der Waals surface area contributed by atoms with E-state index in [2.05, 4.69) is 57.3 Å². The average Bonchev–Trinajstić information content (AvgIpc) is 2.43. The maximum Gasteiger partial charge on any atom is 0.123 e. The summed E-state index contributed by atoms with van der Waals surface area (Å²) in [6.07, 6.45) is 4.94. The molecule has 0 spiro atoms. The number of rotatable bonds is 5. The fourth-order valence-electron chi connectivity index (χ4n) is 3.49. The fraction of sp³-hybridized carbons (Fsp3) is 0.579. The molecule has 2 heteroatoms. The number of hydrogen-bond acceptors (Lipinski definition) is 2. The fourth-order valence-corrected chi connectivity index (χ4v) is 3.49. The predicted octanol–water partition coefficient (Wildman–Crippen LogP) is 4.65. The van der Waals surface area contributed by atoms with Crippen LogP contribution in [0.15, 0.2) is 29.8 Å². The van der Waals surface area contributed by atoms with Crippen LogP contribution < -0.4 is 10.1 Å². The first-order valence-electron chi connectivity index (χ1n) is 8.04. The molecule has 0 aromatic heterocycles. The molecule has 2 nitrogen and oxygen atoms in total. The van der Waals surface area contributed by atoms with Crippen molar-refractivity contribution in [2.24, 2.45) is 11.8 Å². The Balaban J connectivity index is 1.97. The van der Waals surface area contributed by atoms with Crippen LogP contribution in [0.25, 0.3) is 0 Å². The smallest absolute Gasteiger partial charge is 0.123 e. The van der Waals surface area contributed by atoms with Gasteiger partial charge in [-0.25, -0.2) is 0 Å². The molecule has 1 N–H and O–H groups in total. The van der Waals surface area contributed by atoms with Crippen LogP contribution >= 0.6 is 0 Å². The number of aryl methyl sites for hydroxylation is 1. The standard InChI is InChI=1S/C19H29NO/c1-13-6-7-19(21-5)18(11-13)16(4)20-12-17-9-14(2)8-15(3)10-17/h6-8,11,14,16-17,20H,9-10,12H2,1-5H3. The molecule has 0 amide bonds. The van der Waals surface area contributed by atoms with Crippen LogP contribution in [0.1, 0.15) is 50.8 Å². The Morgan fingerprint density at radius 1 is 1.33 bits per heavy atom. The quantitative estimate of drug-likeness (QED) is 0.796. The molecular formula is C19H29NO. The molecule has 1 aromatic rings. The Kier molecular flexibility index (Phi) is 5.46. The summed E-state index contributed by atoms with van der Waals surface area (Å²) < 4.78 is 5.50. The van der Waals surface area contributed by atoms with Crippen molar-refractivity contribution in [2.45, 2.75) is 46.6 Å². The van der Waals surface area contributed by atoms with E-state index >= 15 is 0 Å². The predicted molar refractivity (Wildman–Crippen MR) is 89.8 cm³/mol. The van der Waals surface area contributed by atoms with E-state index in [1.165, 1.54) is 24.0 Å². The van der Waals surface area contributed by atoms with Gasteiger partial charge in [0.2, 0.25) is 0 Å². The molecule has 1 aliphatic rings. The molecule has 116 valence electrons. The third kappa shape index (κ3) is 4.34. The maximum absolute atomic E-state index is 5.50. The molecule has 0 saturated carbocycles. The Morgan fingerprint density at radius 3 is 2.76 bits per heavy atom. The highest BCUT2D eigenvalue weighted by molar-refractivity contribution is 5.38. The summed E-state index contributed by atoms with van der Waals surface area (Å²) in [4.78, 5) is 0. The van der Waals surface area contributed by atoms with E-state index in [0.717, 1.165) is 24.1 Å². The van der Waals surface area contributed by atoms with Gasteiger partial charge in [-0.3, -0.25) is 0 Å². The summed E-state index contributed by atoms with van der Waals surface area (Å²) in [7, 11) is 1.75. The first-order valence-corrected chi connectivity index (χ1v) is 8.04. The van der Waals surface area contributed by atoms with Gasteiger partial charge in [0.25, 0.3) is 0 Å². The molecule has 2 rings (SSSR count). The van der Waals surface area contributed by atoms with E-state index in [1.54, 1.807) is 12.7 Å². The zero-order chi connectivity index (χ0) is 15.4. The number of benzene rings is 1. The molecule has 0 fully saturated rings. The van der Waals surface area contributed by atoms with Gasteiger partial charge in [0.1, 0.15) is 5.75 Å². The van der Waals surface area contributed by atoms with Gasteiger partial charge in [-0.15, -0.1) is 0 Å². The minimum atomic E-state index is 0.321. The topological polar surface area (TPSA) is 21.3 Å². The van der Waals surface area contributed by atoms with E-state index in [1.807, 2.05) is 0 Å². The van der Waals surface area contributed by atoms with Crippen LogP contribution in [-0.4, -0.2) is 13.7 Å². The number of ether oxygens (including phenoxy) is 1. The van der Waals surface area contributed by atoms with Gasteiger partial charge in [0, 0.05) is 11.6 Å². The monoisotopic (exact) mass is 287 g/mol. The largest absolute Gasteiger partial charge is 0.496 e. The van der Waals surface area contributed by atoms with Gasteiger partial charge >= 0.3 is 0 Å². The Hall–Kier alpha value is -1.28. The second-order valence-corrected chi connectivity index (χ2v) is 6.67. The normalized spacial score (nSPS) is 23.6. The van der Waals surface area contributed by atoms with E-state index in [0.29, 0.717) is 6.04 Å². The van der Waals surface area contributed by atoms with E-state index < -0.39 is 0 Å². The lowest BCUT2D eigenvalue weighted by Gasteiger charge is -2.27. The summed E-state index contributed by atoms with van der Waals surface area (Å²) in [6, 6.07) is 6.72. The molecule has 0 heterocycles. The van der Waals surface area contributed by atoms with Crippen LogP contribution in [0.5, 0.6) is 5.75 Å². The third-order valence-electron chi connectivity index (χ3n) is 4.45. The second kappa shape index (κ2) is 7.13. The molecule has 0 aliphatic heterocycles. The van der Waals surface area contributed by atoms with Crippen molar-refractivity contribution in [3.05, 3.63) is 41.0 Å². The van der Waals surface area contributed by atoms with Gasteiger partial charge in [0.05, 0.1) is 7.11 Å². The molecule has 0 bridgehead atoms. The van der Waals surface area contributed by atoms with Crippen LogP contribution in [0.3, 0.4) is 0 Å². The van der Waals surface area contributed by atoms with Crippen molar-refractivity contribution in [3.8, 4) is 5.75 Å². The van der Waals surface area contributed by atoms with Crippen LogP contribution in [0.4, 0.5) is 0 Å². The zero-order valence-corrected chi connectivity index (χ0v) is 14.1. The van der Waals surface area contributed by atoms with Crippen molar-refractivity contribution in [2.75, 3.05) is 13.7 Å². The summed E-state index contributed by atoms with van der Waals surface area (Å²) in [6.45, 7) is 10.0. The first kappa shape index (κ1) is 16.1. The number of methoxy groups -OCH3 is 1. The molecule has 21 heavy (non-hydrogen) atoms. The van der Waals surface area contributed by atoms with Crippen molar-refractivity contribution in [1.82, 2.24) is 5.32 Å². The molecule has 1 aliphatic carbocycles. The molecule has 0 radical (unpaired) electrons. The van der Waals surface area contributed by atoms with Crippen LogP contribution in [-0.2, 0) is 0 Å². The van der Waals surface area contributed by atoms with Crippen molar-refractivity contribution >= 4 is 0 Å². The van der Waals surface area contributed by atoms with E-state index in [9.17, 15) is 0 Å². The van der Waals surface area contributed by atoms with Gasteiger partial charge in [-0.1, -0.05) is 36.3 Å². The van der Waals surface area contributed by atoms with Crippen LogP contribution in [0.2, 0.25) is 0 Å².